The zero-order valence-electron chi connectivity index (χ0n) is 9.58. The van der Waals surface area contributed by atoms with Gasteiger partial charge in [-0.3, -0.25) is 9.78 Å². The van der Waals surface area contributed by atoms with Gasteiger partial charge in [-0.2, -0.15) is 0 Å². The first-order valence-corrected chi connectivity index (χ1v) is 5.31. The van der Waals surface area contributed by atoms with Crippen LogP contribution in [0.2, 0.25) is 0 Å². The van der Waals surface area contributed by atoms with E-state index in [-0.39, 0.29) is 0 Å². The quantitative estimate of drug-likeness (QED) is 0.749. The van der Waals surface area contributed by atoms with Gasteiger partial charge < -0.3 is 4.90 Å². The van der Waals surface area contributed by atoms with E-state index in [4.69, 9.17) is 0 Å². The smallest absolute Gasteiger partial charge is 0.153 e. The maximum atomic E-state index is 10.9. The van der Waals surface area contributed by atoms with Gasteiger partial charge in [0.05, 0.1) is 5.56 Å². The lowest BCUT2D eigenvalue weighted by Gasteiger charge is -2.19. The lowest BCUT2D eigenvalue weighted by Crippen LogP contribution is -2.19. The minimum atomic E-state index is 0.596. The van der Waals surface area contributed by atoms with Gasteiger partial charge in [-0.05, 0) is 23.8 Å². The molecule has 0 aromatic carbocycles. The number of hydrogen-bond donors (Lipinski definition) is 0. The molecule has 4 nitrogen and oxygen atoms in total. The standard InChI is InChI=1S/C13H13N3O/c1-16(9-11-4-2-6-14-8-11)13-12(10-17)5-3-7-15-13/h2-8,10H,9H2,1H3. The van der Waals surface area contributed by atoms with Crippen molar-refractivity contribution in [3.05, 3.63) is 54.0 Å². The van der Waals surface area contributed by atoms with Gasteiger partial charge in [0.25, 0.3) is 0 Å². The number of rotatable bonds is 4. The van der Waals surface area contributed by atoms with Gasteiger partial charge >= 0.3 is 0 Å². The third-order valence-electron chi connectivity index (χ3n) is 2.45. The first-order valence-electron chi connectivity index (χ1n) is 5.31. The maximum Gasteiger partial charge on any atom is 0.153 e. The fourth-order valence-electron chi connectivity index (χ4n) is 1.66. The lowest BCUT2D eigenvalue weighted by molar-refractivity contribution is 0.112. The fraction of sp³-hybridized carbons (Fsp3) is 0.154. The van der Waals surface area contributed by atoms with Crippen molar-refractivity contribution >= 4 is 12.1 Å². The van der Waals surface area contributed by atoms with Crippen LogP contribution < -0.4 is 4.90 Å². The Balaban J connectivity index is 2.20. The van der Waals surface area contributed by atoms with Crippen LogP contribution >= 0.6 is 0 Å². The molecule has 0 saturated carbocycles. The molecule has 4 heteroatoms. The Morgan fingerprint density at radius 3 is 2.82 bits per heavy atom. The van der Waals surface area contributed by atoms with Crippen LogP contribution in [0.5, 0.6) is 0 Å². The van der Waals surface area contributed by atoms with Crippen LogP contribution in [0.15, 0.2) is 42.9 Å². The second-order valence-electron chi connectivity index (χ2n) is 3.75. The highest BCUT2D eigenvalue weighted by molar-refractivity contribution is 5.82. The highest BCUT2D eigenvalue weighted by Gasteiger charge is 2.08. The molecule has 0 atom stereocenters. The van der Waals surface area contributed by atoms with E-state index in [9.17, 15) is 4.79 Å². The van der Waals surface area contributed by atoms with Gasteiger partial charge in [0.1, 0.15) is 5.82 Å². The second-order valence-corrected chi connectivity index (χ2v) is 3.75. The summed E-state index contributed by atoms with van der Waals surface area (Å²) in [6, 6.07) is 7.40. The van der Waals surface area contributed by atoms with Gasteiger partial charge in [-0.15, -0.1) is 0 Å². The summed E-state index contributed by atoms with van der Waals surface area (Å²) in [7, 11) is 1.91. The van der Waals surface area contributed by atoms with Crippen LogP contribution in [0.3, 0.4) is 0 Å². The summed E-state index contributed by atoms with van der Waals surface area (Å²) < 4.78 is 0. The highest BCUT2D eigenvalue weighted by Crippen LogP contribution is 2.15. The first kappa shape index (κ1) is 11.3. The molecular weight excluding hydrogens is 214 g/mol. The molecule has 2 aromatic heterocycles. The fourth-order valence-corrected chi connectivity index (χ4v) is 1.66. The van der Waals surface area contributed by atoms with E-state index in [1.165, 1.54) is 0 Å². The number of aldehydes is 1. The number of aromatic nitrogens is 2. The van der Waals surface area contributed by atoms with E-state index >= 15 is 0 Å². The topological polar surface area (TPSA) is 46.1 Å². The molecule has 0 aliphatic rings. The lowest BCUT2D eigenvalue weighted by atomic mass is 10.2. The minimum absolute atomic E-state index is 0.596. The number of pyridine rings is 2. The van der Waals surface area contributed by atoms with E-state index in [1.54, 1.807) is 30.7 Å². The van der Waals surface area contributed by atoms with Gasteiger partial charge in [-0.25, -0.2) is 4.98 Å². The molecule has 2 rings (SSSR count). The number of carbonyl (C=O) groups is 1. The molecule has 17 heavy (non-hydrogen) atoms. The molecule has 0 radical (unpaired) electrons. The number of carbonyl (C=O) groups excluding carboxylic acids is 1. The van der Waals surface area contributed by atoms with E-state index in [2.05, 4.69) is 9.97 Å². The number of nitrogens with zero attached hydrogens (tertiary/aromatic N) is 3. The van der Waals surface area contributed by atoms with E-state index in [0.717, 1.165) is 11.8 Å². The second kappa shape index (κ2) is 5.21. The average Bonchev–Trinajstić information content (AvgIpc) is 2.40. The Hall–Kier alpha value is -2.23. The Kier molecular flexibility index (Phi) is 3.45. The largest absolute Gasteiger partial charge is 0.355 e. The van der Waals surface area contributed by atoms with Crippen molar-refractivity contribution in [2.24, 2.45) is 0 Å². The zero-order valence-corrected chi connectivity index (χ0v) is 9.58. The predicted octanol–water partition coefficient (Wildman–Crippen LogP) is 1.93. The molecule has 0 bridgehead atoms. The van der Waals surface area contributed by atoms with Crippen molar-refractivity contribution in [1.82, 2.24) is 9.97 Å². The molecule has 0 fully saturated rings. The summed E-state index contributed by atoms with van der Waals surface area (Å²) in [4.78, 5) is 21.1. The summed E-state index contributed by atoms with van der Waals surface area (Å²) in [5.41, 5.74) is 1.68. The molecule has 0 aliphatic carbocycles. The predicted molar refractivity (Wildman–Crippen MR) is 66.0 cm³/mol. The number of hydrogen-bond acceptors (Lipinski definition) is 4. The van der Waals surface area contributed by atoms with Gasteiger partial charge in [-0.1, -0.05) is 6.07 Å². The van der Waals surface area contributed by atoms with Crippen molar-refractivity contribution in [2.75, 3.05) is 11.9 Å². The molecule has 0 amide bonds. The third-order valence-corrected chi connectivity index (χ3v) is 2.45. The van der Waals surface area contributed by atoms with Crippen LogP contribution in [-0.2, 0) is 6.54 Å². The van der Waals surface area contributed by atoms with Gasteiger partial charge in [0, 0.05) is 32.2 Å². The van der Waals surface area contributed by atoms with Crippen molar-refractivity contribution < 1.29 is 4.79 Å². The van der Waals surface area contributed by atoms with E-state index in [1.807, 2.05) is 24.1 Å². The molecular formula is C13H13N3O. The highest BCUT2D eigenvalue weighted by atomic mass is 16.1. The Morgan fingerprint density at radius 2 is 2.12 bits per heavy atom. The van der Waals surface area contributed by atoms with Gasteiger partial charge in [0.2, 0.25) is 0 Å². The van der Waals surface area contributed by atoms with Crippen LogP contribution in [-0.4, -0.2) is 23.3 Å². The van der Waals surface area contributed by atoms with Crippen LogP contribution in [0.4, 0.5) is 5.82 Å². The molecule has 86 valence electrons. The molecule has 0 N–H and O–H groups in total. The van der Waals surface area contributed by atoms with Crippen molar-refractivity contribution in [3.63, 3.8) is 0 Å². The normalized spacial score (nSPS) is 9.94. The Labute approximate surface area is 99.9 Å². The summed E-state index contributed by atoms with van der Waals surface area (Å²) >= 11 is 0. The molecule has 0 unspecified atom stereocenters. The Morgan fingerprint density at radius 1 is 1.29 bits per heavy atom. The van der Waals surface area contributed by atoms with Gasteiger partial charge in [0.15, 0.2) is 6.29 Å². The van der Waals surface area contributed by atoms with Crippen molar-refractivity contribution in [1.29, 1.82) is 0 Å². The minimum Gasteiger partial charge on any atom is -0.355 e. The summed E-state index contributed by atoms with van der Waals surface area (Å²) in [6.07, 6.45) is 6.05. The average molecular weight is 227 g/mol. The molecule has 0 aliphatic heterocycles. The van der Waals surface area contributed by atoms with Crippen molar-refractivity contribution in [3.8, 4) is 0 Å². The third kappa shape index (κ3) is 2.66. The van der Waals surface area contributed by atoms with E-state index in [0.29, 0.717) is 17.9 Å². The van der Waals surface area contributed by atoms with Crippen LogP contribution in [0.1, 0.15) is 15.9 Å². The van der Waals surface area contributed by atoms with Crippen molar-refractivity contribution in [2.45, 2.75) is 6.54 Å². The van der Waals surface area contributed by atoms with E-state index < -0.39 is 0 Å². The maximum absolute atomic E-state index is 10.9. The molecule has 2 heterocycles. The van der Waals surface area contributed by atoms with Crippen LogP contribution in [0.25, 0.3) is 0 Å². The molecule has 0 spiro atoms. The summed E-state index contributed by atoms with van der Waals surface area (Å²) in [5.74, 6) is 0.686. The Bertz CT molecular complexity index is 499. The number of anilines is 1. The summed E-state index contributed by atoms with van der Waals surface area (Å²) in [6.45, 7) is 0.672. The monoisotopic (exact) mass is 227 g/mol. The zero-order chi connectivity index (χ0) is 12.1. The first-order chi connectivity index (χ1) is 8.31. The van der Waals surface area contributed by atoms with Crippen LogP contribution in [0, 0.1) is 0 Å². The SMILES string of the molecule is CN(Cc1cccnc1)c1ncccc1C=O. The summed E-state index contributed by atoms with van der Waals surface area (Å²) in [5, 5.41) is 0. The molecule has 0 saturated heterocycles. The molecule has 2 aromatic rings.